The second-order valence-corrected chi connectivity index (χ2v) is 6.00. The van der Waals surface area contributed by atoms with Crippen molar-refractivity contribution >= 4 is 15.9 Å². The quantitative estimate of drug-likeness (QED) is 0.888. The number of aromatic nitrogens is 2. The lowest BCUT2D eigenvalue weighted by molar-refractivity contribution is 0.0746. The highest BCUT2D eigenvalue weighted by molar-refractivity contribution is 9.10. The predicted octanol–water partition coefficient (Wildman–Crippen LogP) is 2.24. The minimum Gasteiger partial charge on any atom is -0.448 e. The molecule has 2 aromatic heterocycles. The van der Waals surface area contributed by atoms with Gasteiger partial charge in [0.2, 0.25) is 0 Å². The molecule has 5 nitrogen and oxygen atoms in total. The number of hydrogen-bond donors (Lipinski definition) is 2. The van der Waals surface area contributed by atoms with Crippen molar-refractivity contribution in [2.24, 2.45) is 0 Å². The standard InChI is InChI=1S/C13H16BrN3O2/c1-13(2,18)12-11(8-3-4-9(14)19-8)17-6-5-15-7-10(17)16-12/h3-4,15,18H,5-7H2,1-2H3. The fraction of sp³-hybridized carbons (Fsp3) is 0.462. The molecule has 1 aliphatic rings. The lowest BCUT2D eigenvalue weighted by Gasteiger charge is -2.18. The van der Waals surface area contributed by atoms with Crippen LogP contribution in [0.3, 0.4) is 0 Å². The molecule has 19 heavy (non-hydrogen) atoms. The van der Waals surface area contributed by atoms with E-state index in [0.29, 0.717) is 16.9 Å². The summed E-state index contributed by atoms with van der Waals surface area (Å²) in [6.45, 7) is 5.92. The summed E-state index contributed by atoms with van der Waals surface area (Å²) in [6.07, 6.45) is 0. The zero-order chi connectivity index (χ0) is 13.6. The largest absolute Gasteiger partial charge is 0.448 e. The predicted molar refractivity (Wildman–Crippen MR) is 74.6 cm³/mol. The average molecular weight is 326 g/mol. The van der Waals surface area contributed by atoms with E-state index in [1.807, 2.05) is 12.1 Å². The van der Waals surface area contributed by atoms with E-state index in [0.717, 1.165) is 30.4 Å². The van der Waals surface area contributed by atoms with E-state index >= 15 is 0 Å². The first-order valence-corrected chi connectivity index (χ1v) is 7.05. The van der Waals surface area contributed by atoms with Crippen molar-refractivity contribution in [2.75, 3.05) is 6.54 Å². The van der Waals surface area contributed by atoms with Gasteiger partial charge in [0.05, 0.1) is 6.54 Å². The van der Waals surface area contributed by atoms with Gasteiger partial charge in [-0.2, -0.15) is 0 Å². The molecule has 0 fully saturated rings. The Morgan fingerprint density at radius 1 is 1.47 bits per heavy atom. The summed E-state index contributed by atoms with van der Waals surface area (Å²) in [5.41, 5.74) is 0.529. The molecule has 2 aromatic rings. The Balaban J connectivity index is 2.22. The van der Waals surface area contributed by atoms with Crippen LogP contribution in [-0.2, 0) is 18.7 Å². The fourth-order valence-corrected chi connectivity index (χ4v) is 2.69. The van der Waals surface area contributed by atoms with Gasteiger partial charge in [-0.05, 0) is 41.9 Å². The lowest BCUT2D eigenvalue weighted by atomic mass is 10.0. The monoisotopic (exact) mass is 325 g/mol. The van der Waals surface area contributed by atoms with Crippen LogP contribution in [0.5, 0.6) is 0 Å². The SMILES string of the molecule is CC(C)(O)c1nc2n(c1-c1ccc(Br)o1)CCNC2. The molecule has 0 bridgehead atoms. The van der Waals surface area contributed by atoms with Crippen LogP contribution in [0.4, 0.5) is 0 Å². The third kappa shape index (κ3) is 2.24. The van der Waals surface area contributed by atoms with Crippen molar-refractivity contribution in [1.82, 2.24) is 14.9 Å². The molecule has 0 aromatic carbocycles. The van der Waals surface area contributed by atoms with E-state index in [9.17, 15) is 5.11 Å². The molecule has 0 amide bonds. The maximum absolute atomic E-state index is 10.3. The summed E-state index contributed by atoms with van der Waals surface area (Å²) < 4.78 is 8.45. The zero-order valence-electron chi connectivity index (χ0n) is 10.9. The summed E-state index contributed by atoms with van der Waals surface area (Å²) in [6, 6.07) is 3.75. The Bertz CT molecular complexity index is 610. The van der Waals surface area contributed by atoms with Crippen LogP contribution in [-0.4, -0.2) is 21.2 Å². The van der Waals surface area contributed by atoms with E-state index in [2.05, 4.69) is 30.8 Å². The van der Waals surface area contributed by atoms with Crippen LogP contribution in [0.1, 0.15) is 25.4 Å². The normalized spacial score (nSPS) is 15.6. The van der Waals surface area contributed by atoms with Gasteiger partial charge in [-0.3, -0.25) is 0 Å². The van der Waals surface area contributed by atoms with Crippen LogP contribution in [0.2, 0.25) is 0 Å². The third-order valence-electron chi connectivity index (χ3n) is 3.23. The smallest absolute Gasteiger partial charge is 0.169 e. The molecule has 0 unspecified atom stereocenters. The van der Waals surface area contributed by atoms with Gasteiger partial charge in [-0.25, -0.2) is 4.98 Å². The first-order chi connectivity index (χ1) is 8.97. The number of halogens is 1. The lowest BCUT2D eigenvalue weighted by Crippen LogP contribution is -2.28. The molecule has 102 valence electrons. The average Bonchev–Trinajstić information content (AvgIpc) is 2.91. The Labute approximate surface area is 119 Å². The second-order valence-electron chi connectivity index (χ2n) is 5.22. The summed E-state index contributed by atoms with van der Waals surface area (Å²) >= 11 is 3.32. The number of hydrogen-bond acceptors (Lipinski definition) is 4. The maximum atomic E-state index is 10.3. The van der Waals surface area contributed by atoms with Crippen molar-refractivity contribution in [3.05, 3.63) is 28.3 Å². The molecule has 3 heterocycles. The number of nitrogens with one attached hydrogen (secondary N) is 1. The molecule has 0 atom stereocenters. The molecule has 0 saturated heterocycles. The molecule has 6 heteroatoms. The van der Waals surface area contributed by atoms with Gasteiger partial charge >= 0.3 is 0 Å². The van der Waals surface area contributed by atoms with Gasteiger partial charge in [0, 0.05) is 13.1 Å². The van der Waals surface area contributed by atoms with E-state index in [-0.39, 0.29) is 0 Å². The van der Waals surface area contributed by atoms with Crippen LogP contribution >= 0.6 is 15.9 Å². The van der Waals surface area contributed by atoms with E-state index in [1.54, 1.807) is 13.8 Å². The molecule has 1 aliphatic heterocycles. The van der Waals surface area contributed by atoms with Gasteiger partial charge in [-0.15, -0.1) is 0 Å². The van der Waals surface area contributed by atoms with E-state index in [4.69, 9.17) is 4.42 Å². The Morgan fingerprint density at radius 2 is 2.26 bits per heavy atom. The highest BCUT2D eigenvalue weighted by Gasteiger charge is 2.30. The topological polar surface area (TPSA) is 63.2 Å². The molecule has 2 N–H and O–H groups in total. The summed E-state index contributed by atoms with van der Waals surface area (Å²) in [5, 5.41) is 13.6. The zero-order valence-corrected chi connectivity index (χ0v) is 12.5. The van der Waals surface area contributed by atoms with Gasteiger partial charge in [-0.1, -0.05) is 0 Å². The van der Waals surface area contributed by atoms with Crippen LogP contribution < -0.4 is 5.32 Å². The highest BCUT2D eigenvalue weighted by Crippen LogP contribution is 2.34. The van der Waals surface area contributed by atoms with Crippen molar-refractivity contribution in [2.45, 2.75) is 32.5 Å². The molecular formula is C13H16BrN3O2. The summed E-state index contributed by atoms with van der Waals surface area (Å²) in [4.78, 5) is 4.58. The Kier molecular flexibility index (Phi) is 3.03. The van der Waals surface area contributed by atoms with Crippen molar-refractivity contribution in [3.63, 3.8) is 0 Å². The van der Waals surface area contributed by atoms with Crippen LogP contribution in [0, 0.1) is 0 Å². The molecule has 0 saturated carbocycles. The minimum atomic E-state index is -1.00. The van der Waals surface area contributed by atoms with Gasteiger partial charge < -0.3 is 19.4 Å². The maximum Gasteiger partial charge on any atom is 0.169 e. The van der Waals surface area contributed by atoms with Crippen molar-refractivity contribution < 1.29 is 9.52 Å². The molecular weight excluding hydrogens is 310 g/mol. The highest BCUT2D eigenvalue weighted by atomic mass is 79.9. The van der Waals surface area contributed by atoms with Crippen molar-refractivity contribution in [3.8, 4) is 11.5 Å². The summed E-state index contributed by atoms with van der Waals surface area (Å²) in [7, 11) is 0. The minimum absolute atomic E-state index is 0.660. The number of nitrogens with zero attached hydrogens (tertiary/aromatic N) is 2. The van der Waals surface area contributed by atoms with Crippen LogP contribution in [0.25, 0.3) is 11.5 Å². The van der Waals surface area contributed by atoms with E-state index in [1.165, 1.54) is 0 Å². The molecule has 0 aliphatic carbocycles. The molecule has 0 radical (unpaired) electrons. The first kappa shape index (κ1) is 12.9. The number of aliphatic hydroxyl groups is 1. The number of rotatable bonds is 2. The van der Waals surface area contributed by atoms with Crippen molar-refractivity contribution in [1.29, 1.82) is 0 Å². The van der Waals surface area contributed by atoms with Gasteiger partial charge in [0.1, 0.15) is 22.8 Å². The Hall–Kier alpha value is -1.11. The molecule has 0 spiro atoms. The van der Waals surface area contributed by atoms with E-state index < -0.39 is 5.60 Å². The second kappa shape index (κ2) is 4.47. The van der Waals surface area contributed by atoms with Gasteiger partial charge in [0.25, 0.3) is 0 Å². The van der Waals surface area contributed by atoms with Crippen LogP contribution in [0.15, 0.2) is 21.2 Å². The number of fused-ring (bicyclic) bond motifs is 1. The Morgan fingerprint density at radius 3 is 2.89 bits per heavy atom. The number of furan rings is 1. The number of imidazole rings is 1. The fourth-order valence-electron chi connectivity index (χ4n) is 2.38. The van der Waals surface area contributed by atoms with Gasteiger partial charge in [0.15, 0.2) is 10.4 Å². The first-order valence-electron chi connectivity index (χ1n) is 6.25. The third-order valence-corrected chi connectivity index (χ3v) is 3.65. The summed E-state index contributed by atoms with van der Waals surface area (Å²) in [5.74, 6) is 1.66. The molecule has 3 rings (SSSR count).